The standard InChI is InChI=1S/C22H18O11.C22H18O10.C15H14O7.C15H14O6/c23-10-5-12(24)11-7-18(33-22(31)9-3-15(27)20(30)16(28)4-9)21(32-17(11)6-10)8-1-13(25)19(29)14(26)2-8;23-11-6-14(25)12-8-19(32-22(30)10-4-16(27)20(29)17(28)5-10)21(31-18(12)7-11)9-1-2-13(24)15(26)3-9;16-7-3-9(17)8-5-12(20)15(22-13(8)4-7)6-1-10(18)14(21)11(19)2-6;16-8-4-11(18)9-6-13(20)15(21-14(9)5-8)7-1-2-10(17)12(19)3-7/h1-6,18,21,23-30H,7H2;1-7,19,21,23-29H,8H2;1-4,12,15-21H,5H2;1-5,13,15-20H,6H2/t18-,21-;19-,21-;12-,15-;13-,15-/m1111/s1. The lowest BCUT2D eigenvalue weighted by Crippen LogP contribution is -2.34. The van der Waals surface area contributed by atoms with E-state index in [0.29, 0.717) is 22.3 Å². The van der Waals surface area contributed by atoms with Gasteiger partial charge in [0.1, 0.15) is 87.3 Å². The summed E-state index contributed by atoms with van der Waals surface area (Å²) in [6, 6.07) is 25.7. The second kappa shape index (κ2) is 29.7. The Morgan fingerprint density at radius 1 is 0.259 bits per heavy atom. The quantitative estimate of drug-likeness (QED) is 0.0515. The fourth-order valence-corrected chi connectivity index (χ4v) is 12.0. The topological polar surface area (TPSA) is 616 Å². The number of hydrogen-bond donors (Lipinski definition) is 26. The summed E-state index contributed by atoms with van der Waals surface area (Å²) in [5.74, 6) is -13.0. The smallest absolute Gasteiger partial charge is 0.338 e. The third kappa shape index (κ3) is 15.5. The van der Waals surface area contributed by atoms with Gasteiger partial charge in [-0.1, -0.05) is 12.1 Å². The highest BCUT2D eigenvalue weighted by molar-refractivity contribution is 5.92. The van der Waals surface area contributed by atoms with Gasteiger partial charge in [-0.05, 0) is 78.4 Å². The summed E-state index contributed by atoms with van der Waals surface area (Å²) in [7, 11) is 0. The Bertz CT molecular complexity index is 5080. The highest BCUT2D eigenvalue weighted by atomic mass is 16.6. The lowest BCUT2D eigenvalue weighted by molar-refractivity contribution is -0.0192. The molecular weight excluding hydrogens is 1430 g/mol. The van der Waals surface area contributed by atoms with E-state index in [-0.39, 0.29) is 145 Å². The minimum atomic E-state index is -1.18. The molecule has 10 aromatic carbocycles. The molecular formula is C74H64O34. The van der Waals surface area contributed by atoms with Crippen molar-refractivity contribution in [1.29, 1.82) is 0 Å². The third-order valence-corrected chi connectivity index (χ3v) is 17.3. The number of benzene rings is 10. The zero-order valence-corrected chi connectivity index (χ0v) is 55.0. The second-order valence-corrected chi connectivity index (χ2v) is 24.8. The zero-order valence-electron chi connectivity index (χ0n) is 55.0. The Morgan fingerprint density at radius 3 is 0.806 bits per heavy atom. The van der Waals surface area contributed by atoms with Crippen LogP contribution in [0.1, 0.15) is 89.6 Å². The predicted octanol–water partition coefficient (Wildman–Crippen LogP) is 7.56. The maximum absolute atomic E-state index is 12.7. The first kappa shape index (κ1) is 74.6. The van der Waals surface area contributed by atoms with E-state index in [1.807, 2.05) is 0 Å². The van der Waals surface area contributed by atoms with Gasteiger partial charge in [-0.2, -0.15) is 0 Å². The van der Waals surface area contributed by atoms with Crippen molar-refractivity contribution in [1.82, 2.24) is 0 Å². The number of aromatic hydroxyl groups is 24. The first-order valence-corrected chi connectivity index (χ1v) is 31.7. The number of carbonyl (C=O) groups is 2. The number of aliphatic hydroxyl groups excluding tert-OH is 2. The van der Waals surface area contributed by atoms with Gasteiger partial charge in [0, 0.05) is 113 Å². The van der Waals surface area contributed by atoms with Gasteiger partial charge in [-0.25, -0.2) is 9.59 Å². The molecule has 0 aliphatic carbocycles. The summed E-state index contributed by atoms with van der Waals surface area (Å²) in [6.07, 6.45) is -8.10. The summed E-state index contributed by atoms with van der Waals surface area (Å²) in [5.41, 5.74) is 1.80. The van der Waals surface area contributed by atoms with Crippen LogP contribution in [0.4, 0.5) is 0 Å². The first-order valence-electron chi connectivity index (χ1n) is 31.7. The van der Waals surface area contributed by atoms with Crippen LogP contribution in [0.15, 0.2) is 133 Å². The molecule has 8 atom stereocenters. The molecule has 26 N–H and O–H groups in total. The summed E-state index contributed by atoms with van der Waals surface area (Å²) in [5, 5.41) is 253. The molecule has 34 heteroatoms. The molecule has 0 spiro atoms. The number of rotatable bonds is 8. The van der Waals surface area contributed by atoms with Gasteiger partial charge >= 0.3 is 11.9 Å². The molecule has 0 amide bonds. The number of hydrogen-bond acceptors (Lipinski definition) is 34. The molecule has 4 heterocycles. The predicted molar refractivity (Wildman–Crippen MR) is 363 cm³/mol. The largest absolute Gasteiger partial charge is 0.508 e. The van der Waals surface area contributed by atoms with Crippen molar-refractivity contribution in [3.05, 3.63) is 189 Å². The number of esters is 2. The van der Waals surface area contributed by atoms with Crippen molar-refractivity contribution in [3.8, 4) is 161 Å². The molecule has 14 rings (SSSR count). The Labute approximate surface area is 605 Å². The molecule has 4 aliphatic rings. The normalized spacial score (nSPS) is 18.5. The van der Waals surface area contributed by atoms with Crippen molar-refractivity contribution < 1.29 is 171 Å². The van der Waals surface area contributed by atoms with Gasteiger partial charge in [0.15, 0.2) is 110 Å². The number of carbonyl (C=O) groups excluding carboxylic acids is 2. The molecule has 0 fully saturated rings. The maximum Gasteiger partial charge on any atom is 0.338 e. The molecule has 0 aromatic heterocycles. The number of aliphatic hydroxyl groups is 2. The Balaban J connectivity index is 0.000000146. The van der Waals surface area contributed by atoms with E-state index < -0.39 is 136 Å². The van der Waals surface area contributed by atoms with Gasteiger partial charge in [0.25, 0.3) is 0 Å². The molecule has 4 aliphatic heterocycles. The van der Waals surface area contributed by atoms with Crippen LogP contribution in [0.5, 0.6) is 161 Å². The van der Waals surface area contributed by atoms with E-state index in [4.69, 9.17) is 28.4 Å². The van der Waals surface area contributed by atoms with Gasteiger partial charge in [-0.3, -0.25) is 0 Å². The Morgan fingerprint density at radius 2 is 0.500 bits per heavy atom. The lowest BCUT2D eigenvalue weighted by atomic mass is 9.93. The summed E-state index contributed by atoms with van der Waals surface area (Å²) < 4.78 is 33.9. The van der Waals surface area contributed by atoms with Crippen molar-refractivity contribution in [2.45, 2.75) is 74.5 Å². The van der Waals surface area contributed by atoms with E-state index >= 15 is 0 Å². The first-order chi connectivity index (χ1) is 51.0. The molecule has 564 valence electrons. The van der Waals surface area contributed by atoms with Crippen LogP contribution in [-0.4, -0.2) is 169 Å². The van der Waals surface area contributed by atoms with Crippen molar-refractivity contribution >= 4 is 11.9 Å². The van der Waals surface area contributed by atoms with Gasteiger partial charge in [0.05, 0.1) is 23.3 Å². The molecule has 34 nitrogen and oxygen atoms in total. The fraction of sp³-hybridized carbons (Fsp3) is 0.162. The van der Waals surface area contributed by atoms with Crippen molar-refractivity contribution in [2.75, 3.05) is 0 Å². The van der Waals surface area contributed by atoms with Crippen LogP contribution in [0.2, 0.25) is 0 Å². The summed E-state index contributed by atoms with van der Waals surface area (Å²) in [4.78, 5) is 25.4. The van der Waals surface area contributed by atoms with Crippen LogP contribution in [0.3, 0.4) is 0 Å². The third-order valence-electron chi connectivity index (χ3n) is 17.3. The molecule has 0 saturated heterocycles. The van der Waals surface area contributed by atoms with Crippen molar-refractivity contribution in [3.63, 3.8) is 0 Å². The van der Waals surface area contributed by atoms with Gasteiger partial charge in [0.2, 0.25) is 0 Å². The molecule has 0 saturated carbocycles. The highest BCUT2D eigenvalue weighted by Crippen LogP contribution is 2.51. The van der Waals surface area contributed by atoms with Crippen LogP contribution in [0, 0.1) is 0 Å². The van der Waals surface area contributed by atoms with Gasteiger partial charge in [-0.15, -0.1) is 0 Å². The molecule has 0 bridgehead atoms. The zero-order chi connectivity index (χ0) is 78.3. The van der Waals surface area contributed by atoms with E-state index in [0.717, 1.165) is 66.7 Å². The maximum atomic E-state index is 12.7. The minimum Gasteiger partial charge on any atom is -0.508 e. The molecule has 108 heavy (non-hydrogen) atoms. The second-order valence-electron chi connectivity index (χ2n) is 24.8. The summed E-state index contributed by atoms with van der Waals surface area (Å²) >= 11 is 0. The highest BCUT2D eigenvalue weighted by Gasteiger charge is 2.41. The SMILES string of the molecule is O=C(O[C@@H]1Cc2c(O)cc(O)cc2O[C@@H]1c1cc(O)c(O)c(O)c1)c1cc(O)c(O)c(O)c1.O=C(O[C@@H]1Cc2c(O)cc(O)cc2O[C@@H]1c1ccc(O)c(O)c1)c1cc(O)c(O)c(O)c1.Oc1cc(O)c2c(c1)O[C@H](c1cc(O)c(O)c(O)c1)[C@H](O)C2.Oc1cc(O)c2c(c1)O[C@H](c1ccc(O)c(O)c1)[C@H](O)C2. The average Bonchev–Trinajstić information content (AvgIpc) is 0.781. The van der Waals surface area contributed by atoms with E-state index in [1.54, 1.807) is 0 Å². The molecule has 0 unspecified atom stereocenters. The van der Waals surface area contributed by atoms with E-state index in [1.165, 1.54) is 66.7 Å². The van der Waals surface area contributed by atoms with Gasteiger partial charge < -0.3 is 161 Å². The Kier molecular flexibility index (Phi) is 20.5. The molecule has 10 aromatic rings. The lowest BCUT2D eigenvalue weighted by Gasteiger charge is -2.34. The van der Waals surface area contributed by atoms with Crippen LogP contribution in [-0.2, 0) is 35.2 Å². The summed E-state index contributed by atoms with van der Waals surface area (Å²) in [6.45, 7) is 0. The monoisotopic (exact) mass is 1500 g/mol. The van der Waals surface area contributed by atoms with Crippen molar-refractivity contribution in [2.24, 2.45) is 0 Å². The van der Waals surface area contributed by atoms with Crippen LogP contribution in [0.25, 0.3) is 0 Å². The molecule has 0 radical (unpaired) electrons. The van der Waals surface area contributed by atoms with E-state index in [9.17, 15) is 142 Å². The average molecular weight is 1500 g/mol. The fourth-order valence-electron chi connectivity index (χ4n) is 12.0. The van der Waals surface area contributed by atoms with Crippen LogP contribution >= 0.6 is 0 Å². The van der Waals surface area contributed by atoms with E-state index in [2.05, 4.69) is 0 Å². The number of phenols is 24. The number of ether oxygens (including phenoxy) is 6. The number of phenolic OH excluding ortho intramolecular Hbond substituents is 24. The minimum absolute atomic E-state index is 0.0461. The Hall–Kier alpha value is -14.5. The van der Waals surface area contributed by atoms with Crippen LogP contribution < -0.4 is 18.9 Å². The number of fused-ring (bicyclic) bond motifs is 4.